The molecule has 0 spiro atoms. The number of hydrogen-bond acceptors (Lipinski definition) is 3. The van der Waals surface area contributed by atoms with Crippen LogP contribution in [0.3, 0.4) is 0 Å². The molecule has 0 heterocycles. The third-order valence-corrected chi connectivity index (χ3v) is 4.15. The molecule has 128 valence electrons. The van der Waals surface area contributed by atoms with Gasteiger partial charge in [-0.2, -0.15) is 5.26 Å². The largest absolute Gasteiger partial charge is 0.387 e. The maximum atomic E-state index is 13.2. The lowest BCUT2D eigenvalue weighted by Crippen LogP contribution is -2.39. The van der Waals surface area contributed by atoms with Crippen LogP contribution in [0, 0.1) is 17.1 Å². The highest BCUT2D eigenvalue weighted by Crippen LogP contribution is 2.30. The summed E-state index contributed by atoms with van der Waals surface area (Å²) in [4.78, 5) is 14.2. The molecule has 2 aromatic rings. The first-order chi connectivity index (χ1) is 12.1. The second-order valence-electron chi connectivity index (χ2n) is 6.04. The van der Waals surface area contributed by atoms with Gasteiger partial charge in [-0.05, 0) is 36.6 Å². The van der Waals surface area contributed by atoms with Crippen molar-refractivity contribution in [1.29, 1.82) is 5.26 Å². The molecule has 2 amide bonds. The maximum absolute atomic E-state index is 13.2. The van der Waals surface area contributed by atoms with Crippen LogP contribution in [0.5, 0.6) is 0 Å². The predicted molar refractivity (Wildman–Crippen MR) is 91.3 cm³/mol. The molecule has 5 nitrogen and oxygen atoms in total. The van der Waals surface area contributed by atoms with E-state index < -0.39 is 18.0 Å². The van der Waals surface area contributed by atoms with E-state index in [1.54, 1.807) is 17.0 Å². The maximum Gasteiger partial charge on any atom is 0.322 e. The average Bonchev–Trinajstić information content (AvgIpc) is 3.46. The number of aliphatic hydroxyl groups is 1. The molecule has 2 N–H and O–H groups in total. The number of halogens is 1. The summed E-state index contributed by atoms with van der Waals surface area (Å²) in [7, 11) is 0. The van der Waals surface area contributed by atoms with Crippen LogP contribution < -0.4 is 5.32 Å². The molecule has 3 rings (SSSR count). The molecule has 0 unspecified atom stereocenters. The minimum absolute atomic E-state index is 0.0627. The van der Waals surface area contributed by atoms with Crippen molar-refractivity contribution in [3.63, 3.8) is 0 Å². The van der Waals surface area contributed by atoms with Crippen LogP contribution in [0.2, 0.25) is 0 Å². The number of amides is 2. The Kier molecular flexibility index (Phi) is 4.96. The van der Waals surface area contributed by atoms with Crippen molar-refractivity contribution in [2.24, 2.45) is 0 Å². The summed E-state index contributed by atoms with van der Waals surface area (Å²) < 4.78 is 13.2. The van der Waals surface area contributed by atoms with Gasteiger partial charge in [0.25, 0.3) is 0 Å². The number of hydrogen-bond donors (Lipinski definition) is 2. The molecule has 1 aliphatic carbocycles. The lowest BCUT2D eigenvalue weighted by Gasteiger charge is -2.26. The van der Waals surface area contributed by atoms with Crippen molar-refractivity contribution in [3.05, 3.63) is 65.5 Å². The summed E-state index contributed by atoms with van der Waals surface area (Å²) in [6.07, 6.45) is 0.962. The molecule has 0 saturated heterocycles. The first kappa shape index (κ1) is 16.9. The van der Waals surface area contributed by atoms with Crippen molar-refractivity contribution in [3.8, 4) is 6.07 Å². The van der Waals surface area contributed by atoms with Gasteiger partial charge in [0.2, 0.25) is 0 Å². The number of urea groups is 1. The summed E-state index contributed by atoms with van der Waals surface area (Å²) in [6.45, 7) is 0.156. The average molecular weight is 339 g/mol. The van der Waals surface area contributed by atoms with Crippen LogP contribution in [0.15, 0.2) is 48.5 Å². The third kappa shape index (κ3) is 4.14. The molecule has 25 heavy (non-hydrogen) atoms. The fraction of sp³-hybridized carbons (Fsp3) is 0.263. The van der Waals surface area contributed by atoms with Crippen molar-refractivity contribution in [1.82, 2.24) is 4.90 Å². The van der Waals surface area contributed by atoms with Crippen molar-refractivity contribution >= 4 is 11.7 Å². The molecular weight excluding hydrogens is 321 g/mol. The molecule has 1 fully saturated rings. The van der Waals surface area contributed by atoms with Crippen LogP contribution in [0.4, 0.5) is 14.9 Å². The van der Waals surface area contributed by atoms with E-state index in [1.807, 2.05) is 24.3 Å². The SMILES string of the molecule is N#Cc1cc(F)ccc1NC(=O)N(C[C@H](O)c1ccccc1)C1CC1. The zero-order valence-electron chi connectivity index (χ0n) is 13.5. The highest BCUT2D eigenvalue weighted by atomic mass is 19.1. The van der Waals surface area contributed by atoms with E-state index in [2.05, 4.69) is 5.32 Å². The number of anilines is 1. The van der Waals surface area contributed by atoms with E-state index in [0.29, 0.717) is 0 Å². The Morgan fingerprint density at radius 1 is 1.32 bits per heavy atom. The topological polar surface area (TPSA) is 76.4 Å². The number of nitrogens with zero attached hydrogens (tertiary/aromatic N) is 2. The lowest BCUT2D eigenvalue weighted by atomic mass is 10.1. The van der Waals surface area contributed by atoms with Gasteiger partial charge < -0.3 is 15.3 Å². The van der Waals surface area contributed by atoms with Crippen molar-refractivity contribution in [2.45, 2.75) is 25.0 Å². The van der Waals surface area contributed by atoms with Crippen LogP contribution in [-0.4, -0.2) is 28.6 Å². The van der Waals surface area contributed by atoms with Gasteiger partial charge in [0.05, 0.1) is 23.9 Å². The Labute approximate surface area is 145 Å². The smallest absolute Gasteiger partial charge is 0.322 e. The van der Waals surface area contributed by atoms with Gasteiger partial charge in [-0.25, -0.2) is 9.18 Å². The first-order valence-electron chi connectivity index (χ1n) is 8.09. The molecule has 1 atom stereocenters. The van der Waals surface area contributed by atoms with Crippen LogP contribution in [-0.2, 0) is 0 Å². The van der Waals surface area contributed by atoms with Crippen molar-refractivity contribution < 1.29 is 14.3 Å². The summed E-state index contributed by atoms with van der Waals surface area (Å²) in [5.74, 6) is -0.534. The number of carbonyl (C=O) groups is 1. The lowest BCUT2D eigenvalue weighted by molar-refractivity contribution is 0.123. The summed E-state index contributed by atoms with van der Waals surface area (Å²) in [6, 6.07) is 14.3. The predicted octanol–water partition coefficient (Wildman–Crippen LogP) is 3.43. The summed E-state index contributed by atoms with van der Waals surface area (Å²) >= 11 is 0. The summed E-state index contributed by atoms with van der Waals surface area (Å²) in [5.41, 5.74) is 1.06. The molecule has 1 aliphatic rings. The molecule has 0 aromatic heterocycles. The number of carbonyl (C=O) groups excluding carboxylic acids is 1. The number of aliphatic hydroxyl groups excluding tert-OH is 1. The van der Waals surface area contributed by atoms with Crippen LogP contribution in [0.1, 0.15) is 30.1 Å². The number of nitriles is 1. The Hall–Kier alpha value is -2.91. The quantitative estimate of drug-likeness (QED) is 0.876. The fourth-order valence-electron chi connectivity index (χ4n) is 2.66. The monoisotopic (exact) mass is 339 g/mol. The first-order valence-corrected chi connectivity index (χ1v) is 8.09. The van der Waals surface area contributed by atoms with Gasteiger partial charge >= 0.3 is 6.03 Å². The number of benzene rings is 2. The van der Waals surface area contributed by atoms with E-state index in [-0.39, 0.29) is 23.8 Å². The van der Waals surface area contributed by atoms with Gasteiger partial charge in [0.15, 0.2) is 0 Å². The molecular formula is C19H18FN3O2. The summed E-state index contributed by atoms with van der Waals surface area (Å²) in [5, 5.41) is 22.1. The molecule has 0 aliphatic heterocycles. The highest BCUT2D eigenvalue weighted by molar-refractivity contribution is 5.91. The van der Waals surface area contributed by atoms with Gasteiger partial charge in [-0.3, -0.25) is 0 Å². The second kappa shape index (κ2) is 7.32. The molecule has 2 aromatic carbocycles. The van der Waals surface area contributed by atoms with E-state index in [1.165, 1.54) is 12.1 Å². The zero-order valence-corrected chi connectivity index (χ0v) is 13.5. The molecule has 1 saturated carbocycles. The standard InChI is InChI=1S/C19H18FN3O2/c20-15-6-9-17(14(10-15)11-21)22-19(25)23(16-7-8-16)12-18(24)13-4-2-1-3-5-13/h1-6,9-10,16,18,24H,7-8,12H2,(H,22,25)/t18-/m0/s1. The second-order valence-corrected chi connectivity index (χ2v) is 6.04. The van der Waals surface area contributed by atoms with Gasteiger partial charge in [-0.1, -0.05) is 30.3 Å². The van der Waals surface area contributed by atoms with Crippen LogP contribution >= 0.6 is 0 Å². The number of rotatable bonds is 5. The van der Waals surface area contributed by atoms with E-state index in [9.17, 15) is 14.3 Å². The van der Waals surface area contributed by atoms with Gasteiger partial charge in [0, 0.05) is 6.04 Å². The molecule has 6 heteroatoms. The van der Waals surface area contributed by atoms with E-state index in [4.69, 9.17) is 5.26 Å². The molecule has 0 radical (unpaired) electrons. The molecule has 0 bridgehead atoms. The Morgan fingerprint density at radius 2 is 2.04 bits per heavy atom. The Bertz CT molecular complexity index is 800. The normalized spacial score (nSPS) is 14.4. The van der Waals surface area contributed by atoms with Crippen LogP contribution in [0.25, 0.3) is 0 Å². The van der Waals surface area contributed by atoms with Gasteiger partial charge in [-0.15, -0.1) is 0 Å². The zero-order chi connectivity index (χ0) is 17.8. The van der Waals surface area contributed by atoms with Crippen molar-refractivity contribution in [2.75, 3.05) is 11.9 Å². The minimum Gasteiger partial charge on any atom is -0.387 e. The van der Waals surface area contributed by atoms with E-state index in [0.717, 1.165) is 24.5 Å². The number of nitrogens with one attached hydrogen (secondary N) is 1. The highest BCUT2D eigenvalue weighted by Gasteiger charge is 2.34. The van der Waals surface area contributed by atoms with Gasteiger partial charge in [0.1, 0.15) is 11.9 Å². The Balaban J connectivity index is 1.73. The minimum atomic E-state index is -0.795. The Morgan fingerprint density at radius 3 is 2.68 bits per heavy atom. The fourth-order valence-corrected chi connectivity index (χ4v) is 2.66. The third-order valence-electron chi connectivity index (χ3n) is 4.15. The van der Waals surface area contributed by atoms with E-state index >= 15 is 0 Å².